The van der Waals surface area contributed by atoms with Crippen molar-refractivity contribution in [3.8, 4) is 6.07 Å². The fourth-order valence-corrected chi connectivity index (χ4v) is 2.25. The highest BCUT2D eigenvalue weighted by Crippen LogP contribution is 2.36. The van der Waals surface area contributed by atoms with Crippen LogP contribution < -0.4 is 5.32 Å². The molecule has 0 aromatic carbocycles. The van der Waals surface area contributed by atoms with Crippen molar-refractivity contribution < 1.29 is 0 Å². The molecule has 1 aromatic rings. The Hall–Kier alpha value is -1.60. The summed E-state index contributed by atoms with van der Waals surface area (Å²) >= 11 is 0. The lowest BCUT2D eigenvalue weighted by atomic mass is 9.75. The number of hydrogen-bond donors (Lipinski definition) is 1. The highest BCUT2D eigenvalue weighted by molar-refractivity contribution is 5.51. The monoisotopic (exact) mass is 230 g/mol. The first-order valence-corrected chi connectivity index (χ1v) is 5.94. The first-order valence-electron chi connectivity index (χ1n) is 5.94. The lowest BCUT2D eigenvalue weighted by Crippen LogP contribution is -2.54. The number of anilines is 1. The Morgan fingerprint density at radius 2 is 2.29 bits per heavy atom. The van der Waals surface area contributed by atoms with E-state index in [9.17, 15) is 0 Å². The zero-order chi connectivity index (χ0) is 12.3. The van der Waals surface area contributed by atoms with Gasteiger partial charge in [0.2, 0.25) is 0 Å². The smallest absolute Gasteiger partial charge is 0.143 e. The third kappa shape index (κ3) is 2.25. The van der Waals surface area contributed by atoms with Crippen LogP contribution in [0.5, 0.6) is 0 Å². The molecule has 1 saturated carbocycles. The Balaban J connectivity index is 2.05. The van der Waals surface area contributed by atoms with Crippen LogP contribution in [0.1, 0.15) is 24.8 Å². The first kappa shape index (κ1) is 11.9. The Labute approximate surface area is 102 Å². The van der Waals surface area contributed by atoms with E-state index in [1.807, 2.05) is 0 Å². The van der Waals surface area contributed by atoms with Crippen LogP contribution in [0.2, 0.25) is 0 Å². The topological polar surface area (TPSA) is 52.0 Å². The van der Waals surface area contributed by atoms with Crippen molar-refractivity contribution in [1.29, 1.82) is 5.26 Å². The maximum Gasteiger partial charge on any atom is 0.143 e. The molecule has 1 aliphatic carbocycles. The fourth-order valence-electron chi connectivity index (χ4n) is 2.25. The van der Waals surface area contributed by atoms with E-state index < -0.39 is 0 Å². The van der Waals surface area contributed by atoms with Gasteiger partial charge in [0.25, 0.3) is 0 Å². The van der Waals surface area contributed by atoms with Gasteiger partial charge in [-0.15, -0.1) is 0 Å². The highest BCUT2D eigenvalue weighted by atomic mass is 15.2. The maximum absolute atomic E-state index is 8.99. The Morgan fingerprint density at radius 3 is 2.82 bits per heavy atom. The molecule has 1 aliphatic rings. The van der Waals surface area contributed by atoms with Crippen molar-refractivity contribution in [3.63, 3.8) is 0 Å². The summed E-state index contributed by atoms with van der Waals surface area (Å²) in [6.07, 6.45) is 5.42. The average Bonchev–Trinajstić information content (AvgIpc) is 2.27. The molecule has 2 rings (SSSR count). The summed E-state index contributed by atoms with van der Waals surface area (Å²) < 4.78 is 0. The summed E-state index contributed by atoms with van der Waals surface area (Å²) in [5.74, 6) is 0.697. The molecule has 0 bridgehead atoms. The summed E-state index contributed by atoms with van der Waals surface area (Å²) in [5, 5.41) is 12.3. The average molecular weight is 230 g/mol. The third-order valence-corrected chi connectivity index (χ3v) is 3.75. The number of pyridine rings is 1. The molecule has 17 heavy (non-hydrogen) atoms. The Morgan fingerprint density at radius 1 is 1.53 bits per heavy atom. The summed E-state index contributed by atoms with van der Waals surface area (Å²) in [5.41, 5.74) is 0.852. The first-order chi connectivity index (χ1) is 8.18. The van der Waals surface area contributed by atoms with E-state index in [-0.39, 0.29) is 5.54 Å². The molecule has 1 aromatic heterocycles. The standard InChI is InChI=1S/C13H18N4/c1-17(2)13(6-4-7-13)10-16-12-11(9-14)5-3-8-15-12/h3,5,8H,4,6-7,10H2,1-2H3,(H,15,16). The van der Waals surface area contributed by atoms with Gasteiger partial charge in [-0.3, -0.25) is 0 Å². The number of nitriles is 1. The second-order valence-corrected chi connectivity index (χ2v) is 4.84. The minimum absolute atomic E-state index is 0.240. The minimum atomic E-state index is 0.240. The van der Waals surface area contributed by atoms with Crippen LogP contribution in [-0.2, 0) is 0 Å². The van der Waals surface area contributed by atoms with Gasteiger partial charge in [0, 0.05) is 18.3 Å². The van der Waals surface area contributed by atoms with Crippen LogP contribution in [0.15, 0.2) is 18.3 Å². The van der Waals surface area contributed by atoms with Crippen LogP contribution >= 0.6 is 0 Å². The van der Waals surface area contributed by atoms with Gasteiger partial charge >= 0.3 is 0 Å². The van der Waals surface area contributed by atoms with E-state index in [1.54, 1.807) is 18.3 Å². The molecule has 0 radical (unpaired) electrons. The van der Waals surface area contributed by atoms with Crippen molar-refractivity contribution in [2.24, 2.45) is 0 Å². The van der Waals surface area contributed by atoms with Gasteiger partial charge in [-0.1, -0.05) is 0 Å². The van der Waals surface area contributed by atoms with E-state index in [1.165, 1.54) is 19.3 Å². The van der Waals surface area contributed by atoms with Crippen LogP contribution in [-0.4, -0.2) is 36.1 Å². The Kier molecular flexibility index (Phi) is 3.30. The van der Waals surface area contributed by atoms with E-state index in [2.05, 4.69) is 35.4 Å². The van der Waals surface area contributed by atoms with Gasteiger partial charge < -0.3 is 10.2 Å². The maximum atomic E-state index is 8.99. The van der Waals surface area contributed by atoms with Gasteiger partial charge in [-0.05, 0) is 45.5 Å². The van der Waals surface area contributed by atoms with Gasteiger partial charge in [0.1, 0.15) is 11.9 Å². The predicted octanol–water partition coefficient (Wildman–Crippen LogP) is 1.85. The third-order valence-electron chi connectivity index (χ3n) is 3.75. The zero-order valence-corrected chi connectivity index (χ0v) is 10.4. The molecular weight excluding hydrogens is 212 g/mol. The van der Waals surface area contributed by atoms with Crippen LogP contribution in [0.25, 0.3) is 0 Å². The van der Waals surface area contributed by atoms with Crippen LogP contribution in [0.3, 0.4) is 0 Å². The van der Waals surface area contributed by atoms with E-state index in [4.69, 9.17) is 5.26 Å². The lowest BCUT2D eigenvalue weighted by molar-refractivity contribution is 0.0738. The van der Waals surface area contributed by atoms with E-state index in [0.29, 0.717) is 11.4 Å². The number of aromatic nitrogens is 1. The minimum Gasteiger partial charge on any atom is -0.367 e. The quantitative estimate of drug-likeness (QED) is 0.857. The highest BCUT2D eigenvalue weighted by Gasteiger charge is 2.38. The molecule has 90 valence electrons. The molecule has 1 N–H and O–H groups in total. The summed E-state index contributed by atoms with van der Waals surface area (Å²) in [7, 11) is 4.23. The number of nitrogens with zero attached hydrogens (tertiary/aromatic N) is 3. The lowest BCUT2D eigenvalue weighted by Gasteiger charge is -2.47. The predicted molar refractivity (Wildman–Crippen MR) is 67.7 cm³/mol. The SMILES string of the molecule is CN(C)C1(CNc2ncccc2C#N)CCC1. The number of rotatable bonds is 4. The van der Waals surface area contributed by atoms with Crippen LogP contribution in [0.4, 0.5) is 5.82 Å². The molecular formula is C13H18N4. The number of hydrogen-bond acceptors (Lipinski definition) is 4. The molecule has 0 spiro atoms. The van der Waals surface area contributed by atoms with Gasteiger partial charge in [0.05, 0.1) is 5.56 Å². The molecule has 4 heteroatoms. The van der Waals surface area contributed by atoms with Crippen molar-refractivity contribution in [1.82, 2.24) is 9.88 Å². The molecule has 0 unspecified atom stereocenters. The van der Waals surface area contributed by atoms with E-state index >= 15 is 0 Å². The fraction of sp³-hybridized carbons (Fsp3) is 0.538. The Bertz CT molecular complexity index is 429. The molecule has 1 fully saturated rings. The largest absolute Gasteiger partial charge is 0.367 e. The molecule has 0 amide bonds. The normalized spacial score (nSPS) is 17.3. The van der Waals surface area contributed by atoms with E-state index in [0.717, 1.165) is 6.54 Å². The van der Waals surface area contributed by atoms with Crippen molar-refractivity contribution in [2.75, 3.05) is 26.0 Å². The van der Waals surface area contributed by atoms with Gasteiger partial charge in [0.15, 0.2) is 0 Å². The number of nitrogens with one attached hydrogen (secondary N) is 1. The molecule has 0 aliphatic heterocycles. The molecule has 0 atom stereocenters. The van der Waals surface area contributed by atoms with Crippen molar-refractivity contribution in [3.05, 3.63) is 23.9 Å². The van der Waals surface area contributed by atoms with Gasteiger partial charge in [-0.2, -0.15) is 5.26 Å². The summed E-state index contributed by atoms with van der Waals surface area (Å²) in [4.78, 5) is 6.49. The molecule has 0 saturated heterocycles. The summed E-state index contributed by atoms with van der Waals surface area (Å²) in [6, 6.07) is 5.74. The van der Waals surface area contributed by atoms with Crippen molar-refractivity contribution in [2.45, 2.75) is 24.8 Å². The molecule has 1 heterocycles. The second kappa shape index (κ2) is 4.72. The van der Waals surface area contributed by atoms with Crippen molar-refractivity contribution >= 4 is 5.82 Å². The summed E-state index contributed by atoms with van der Waals surface area (Å²) in [6.45, 7) is 0.853. The second-order valence-electron chi connectivity index (χ2n) is 4.84. The van der Waals surface area contributed by atoms with Crippen LogP contribution in [0, 0.1) is 11.3 Å². The van der Waals surface area contributed by atoms with Gasteiger partial charge in [-0.25, -0.2) is 4.98 Å². The number of likely N-dealkylation sites (N-methyl/N-ethyl adjacent to an activating group) is 1. The zero-order valence-electron chi connectivity index (χ0n) is 10.4. The molecule has 4 nitrogen and oxygen atoms in total.